The Hall–Kier alpha value is -1.43. The summed E-state index contributed by atoms with van der Waals surface area (Å²) in [5.41, 5.74) is 1.77. The predicted molar refractivity (Wildman–Crippen MR) is 98.9 cm³/mol. The van der Waals surface area contributed by atoms with Gasteiger partial charge >= 0.3 is 0 Å². The van der Waals surface area contributed by atoms with Gasteiger partial charge in [0.25, 0.3) is 5.91 Å². The van der Waals surface area contributed by atoms with Gasteiger partial charge in [-0.15, -0.1) is 11.3 Å². The van der Waals surface area contributed by atoms with Crippen LogP contribution in [0.15, 0.2) is 29.6 Å². The maximum Gasteiger partial charge on any atom is 0.264 e. The van der Waals surface area contributed by atoms with Crippen molar-refractivity contribution in [2.45, 2.75) is 25.3 Å². The van der Waals surface area contributed by atoms with Crippen LogP contribution in [0.3, 0.4) is 0 Å². The van der Waals surface area contributed by atoms with Gasteiger partial charge in [0.1, 0.15) is 5.82 Å². The molecule has 2 aliphatic rings. The molecule has 1 amide bonds. The quantitative estimate of drug-likeness (QED) is 0.788. The SMILES string of the molecule is O=C(c1sccc1C1CC1)N1CCN(Cc2c(F)cccc2Cl)CC1. The van der Waals surface area contributed by atoms with Crippen molar-refractivity contribution < 1.29 is 9.18 Å². The van der Waals surface area contributed by atoms with Crippen LogP contribution in [-0.4, -0.2) is 41.9 Å². The second-order valence-corrected chi connectivity index (χ2v) is 8.07. The topological polar surface area (TPSA) is 23.6 Å². The summed E-state index contributed by atoms with van der Waals surface area (Å²) in [5, 5.41) is 2.49. The summed E-state index contributed by atoms with van der Waals surface area (Å²) in [6.07, 6.45) is 2.41. The maximum atomic E-state index is 13.9. The van der Waals surface area contributed by atoms with Crippen LogP contribution in [0.1, 0.15) is 39.6 Å². The van der Waals surface area contributed by atoms with E-state index < -0.39 is 0 Å². The first kappa shape index (κ1) is 17.0. The van der Waals surface area contributed by atoms with Crippen molar-refractivity contribution in [1.82, 2.24) is 9.80 Å². The zero-order chi connectivity index (χ0) is 17.4. The highest BCUT2D eigenvalue weighted by molar-refractivity contribution is 7.12. The smallest absolute Gasteiger partial charge is 0.264 e. The molecule has 0 unspecified atom stereocenters. The second kappa shape index (κ2) is 7.06. The Balaban J connectivity index is 1.38. The lowest BCUT2D eigenvalue weighted by Crippen LogP contribution is -2.48. The number of amides is 1. The molecule has 6 heteroatoms. The molecule has 0 N–H and O–H groups in total. The van der Waals surface area contributed by atoms with Crippen LogP contribution >= 0.6 is 22.9 Å². The average molecular weight is 379 g/mol. The van der Waals surface area contributed by atoms with Crippen molar-refractivity contribution >= 4 is 28.8 Å². The molecule has 132 valence electrons. The highest BCUT2D eigenvalue weighted by Gasteiger charge is 2.31. The Morgan fingerprint density at radius 2 is 1.96 bits per heavy atom. The van der Waals surface area contributed by atoms with Crippen LogP contribution in [0, 0.1) is 5.82 Å². The fraction of sp³-hybridized carbons (Fsp3) is 0.421. The minimum atomic E-state index is -0.265. The Morgan fingerprint density at radius 3 is 2.64 bits per heavy atom. The lowest BCUT2D eigenvalue weighted by atomic mass is 10.1. The molecule has 2 aromatic rings. The standard InChI is InChI=1S/C19H20ClFN2OS/c20-16-2-1-3-17(21)15(16)12-22-7-9-23(10-8-22)19(24)18-14(6-11-25-18)13-4-5-13/h1-3,6,11,13H,4-5,7-10,12H2. The summed E-state index contributed by atoms with van der Waals surface area (Å²) in [6.45, 7) is 3.31. The molecule has 1 saturated carbocycles. The number of piperazine rings is 1. The van der Waals surface area contributed by atoms with E-state index in [0.717, 1.165) is 18.0 Å². The Labute approximate surface area is 156 Å². The first-order valence-electron chi connectivity index (χ1n) is 8.65. The summed E-state index contributed by atoms with van der Waals surface area (Å²) in [7, 11) is 0. The van der Waals surface area contributed by atoms with Crippen molar-refractivity contribution in [3.05, 3.63) is 56.5 Å². The summed E-state index contributed by atoms with van der Waals surface area (Å²) in [4.78, 5) is 17.8. The zero-order valence-corrected chi connectivity index (χ0v) is 15.5. The normalized spacial score (nSPS) is 18.6. The van der Waals surface area contributed by atoms with Crippen molar-refractivity contribution in [3.8, 4) is 0 Å². The third-order valence-corrected chi connectivity index (χ3v) is 6.28. The highest BCUT2D eigenvalue weighted by atomic mass is 35.5. The monoisotopic (exact) mass is 378 g/mol. The van der Waals surface area contributed by atoms with E-state index in [1.165, 1.54) is 24.5 Å². The van der Waals surface area contributed by atoms with E-state index in [2.05, 4.69) is 11.0 Å². The van der Waals surface area contributed by atoms with Crippen molar-refractivity contribution in [1.29, 1.82) is 0 Å². The number of nitrogens with zero attached hydrogens (tertiary/aromatic N) is 2. The number of halogens is 2. The van der Waals surface area contributed by atoms with E-state index in [0.29, 0.717) is 36.1 Å². The van der Waals surface area contributed by atoms with E-state index in [-0.39, 0.29) is 11.7 Å². The molecule has 25 heavy (non-hydrogen) atoms. The van der Waals surface area contributed by atoms with Gasteiger partial charge < -0.3 is 4.90 Å². The fourth-order valence-corrected chi connectivity index (χ4v) is 4.54. The van der Waals surface area contributed by atoms with Gasteiger partial charge in [0, 0.05) is 43.3 Å². The summed E-state index contributed by atoms with van der Waals surface area (Å²) >= 11 is 7.67. The van der Waals surface area contributed by atoms with E-state index in [1.807, 2.05) is 10.3 Å². The van der Waals surface area contributed by atoms with Gasteiger partial charge in [-0.1, -0.05) is 17.7 Å². The third kappa shape index (κ3) is 3.59. The van der Waals surface area contributed by atoms with Crippen LogP contribution in [0.2, 0.25) is 5.02 Å². The molecule has 1 aliphatic heterocycles. The predicted octanol–water partition coefficient (Wildman–Crippen LogP) is 4.38. The highest BCUT2D eigenvalue weighted by Crippen LogP contribution is 2.43. The molecular weight excluding hydrogens is 359 g/mol. The van der Waals surface area contributed by atoms with Gasteiger partial charge in [0.2, 0.25) is 0 Å². The van der Waals surface area contributed by atoms with Crippen molar-refractivity contribution in [2.75, 3.05) is 26.2 Å². The molecule has 0 atom stereocenters. The lowest BCUT2D eigenvalue weighted by Gasteiger charge is -2.35. The van der Waals surface area contributed by atoms with Crippen LogP contribution in [0.25, 0.3) is 0 Å². The molecular formula is C19H20ClFN2OS. The van der Waals surface area contributed by atoms with Gasteiger partial charge in [-0.2, -0.15) is 0 Å². The van der Waals surface area contributed by atoms with Gasteiger partial charge in [-0.25, -0.2) is 4.39 Å². The molecule has 1 saturated heterocycles. The molecule has 1 aromatic carbocycles. The number of carbonyl (C=O) groups is 1. The summed E-state index contributed by atoms with van der Waals surface area (Å²) < 4.78 is 13.9. The first-order chi connectivity index (χ1) is 12.1. The minimum absolute atomic E-state index is 0.153. The van der Waals surface area contributed by atoms with E-state index >= 15 is 0 Å². The van der Waals surface area contributed by atoms with Crippen LogP contribution < -0.4 is 0 Å². The van der Waals surface area contributed by atoms with Gasteiger partial charge in [-0.05, 0) is 47.9 Å². The van der Waals surface area contributed by atoms with Crippen LogP contribution in [0.5, 0.6) is 0 Å². The molecule has 4 rings (SSSR count). The molecule has 2 fully saturated rings. The molecule has 0 bridgehead atoms. The lowest BCUT2D eigenvalue weighted by molar-refractivity contribution is 0.0631. The minimum Gasteiger partial charge on any atom is -0.335 e. The number of hydrogen-bond acceptors (Lipinski definition) is 3. The number of carbonyl (C=O) groups excluding carboxylic acids is 1. The number of benzene rings is 1. The largest absolute Gasteiger partial charge is 0.335 e. The summed E-state index contributed by atoms with van der Waals surface area (Å²) in [6, 6.07) is 6.88. The van der Waals surface area contributed by atoms with E-state index in [1.54, 1.807) is 23.5 Å². The third-order valence-electron chi connectivity index (χ3n) is 5.01. The molecule has 1 aliphatic carbocycles. The number of thiophene rings is 1. The zero-order valence-electron chi connectivity index (χ0n) is 13.9. The van der Waals surface area contributed by atoms with Crippen LogP contribution in [-0.2, 0) is 6.54 Å². The molecule has 0 spiro atoms. The van der Waals surface area contributed by atoms with E-state index in [4.69, 9.17) is 11.6 Å². The molecule has 2 heterocycles. The van der Waals surface area contributed by atoms with Crippen molar-refractivity contribution in [2.24, 2.45) is 0 Å². The molecule has 1 aromatic heterocycles. The van der Waals surface area contributed by atoms with Crippen molar-refractivity contribution in [3.63, 3.8) is 0 Å². The van der Waals surface area contributed by atoms with Gasteiger partial charge in [0.05, 0.1) is 4.88 Å². The van der Waals surface area contributed by atoms with Crippen LogP contribution in [0.4, 0.5) is 4.39 Å². The van der Waals surface area contributed by atoms with Gasteiger partial charge in [-0.3, -0.25) is 9.69 Å². The summed E-state index contributed by atoms with van der Waals surface area (Å²) in [5.74, 6) is 0.480. The molecule has 3 nitrogen and oxygen atoms in total. The Bertz CT molecular complexity index is 761. The second-order valence-electron chi connectivity index (χ2n) is 6.75. The Kier molecular flexibility index (Phi) is 4.80. The fourth-order valence-electron chi connectivity index (χ4n) is 3.37. The Morgan fingerprint density at radius 1 is 1.20 bits per heavy atom. The first-order valence-corrected chi connectivity index (χ1v) is 9.91. The van der Waals surface area contributed by atoms with E-state index in [9.17, 15) is 9.18 Å². The number of rotatable bonds is 4. The maximum absolute atomic E-state index is 13.9. The number of hydrogen-bond donors (Lipinski definition) is 0. The average Bonchev–Trinajstić information content (AvgIpc) is 3.35. The van der Waals surface area contributed by atoms with Gasteiger partial charge in [0.15, 0.2) is 0 Å². The molecule has 0 radical (unpaired) electrons.